The van der Waals surface area contributed by atoms with Crippen LogP contribution >= 0.6 is 11.5 Å². The van der Waals surface area contributed by atoms with Gasteiger partial charge in [0.15, 0.2) is 0 Å². The molecular weight excluding hydrogens is 234 g/mol. The minimum absolute atomic E-state index is 0.141. The maximum atomic E-state index is 4.39. The van der Waals surface area contributed by atoms with E-state index in [-0.39, 0.29) is 6.04 Å². The van der Waals surface area contributed by atoms with E-state index in [1.54, 1.807) is 0 Å². The van der Waals surface area contributed by atoms with Crippen LogP contribution in [-0.4, -0.2) is 18.9 Å². The van der Waals surface area contributed by atoms with Crippen molar-refractivity contribution in [3.05, 3.63) is 24.0 Å². The third-order valence-electron chi connectivity index (χ3n) is 2.60. The summed E-state index contributed by atoms with van der Waals surface area (Å²) in [7, 11) is 0. The lowest BCUT2D eigenvalue weighted by molar-refractivity contribution is 0.658. The molecule has 0 aromatic carbocycles. The van der Waals surface area contributed by atoms with E-state index in [9.17, 15) is 0 Å². The summed E-state index contributed by atoms with van der Waals surface area (Å²) >= 11 is 1.40. The summed E-state index contributed by atoms with van der Waals surface area (Å²) in [6, 6.07) is 0.141. The number of aryl methyl sites for hydroxylation is 2. The molecule has 0 aliphatic carbocycles. The van der Waals surface area contributed by atoms with Crippen LogP contribution in [0.3, 0.4) is 0 Å². The van der Waals surface area contributed by atoms with Crippen LogP contribution in [-0.2, 0) is 13.0 Å². The minimum Gasteiger partial charge on any atom is -0.351 e. The third-order valence-corrected chi connectivity index (χ3v) is 3.28. The number of hydrogen-bond acceptors (Lipinski definition) is 5. The largest absolute Gasteiger partial charge is 0.351 e. The fourth-order valence-corrected chi connectivity index (χ4v) is 2.41. The smallest absolute Gasteiger partial charge is 0.203 e. The average molecular weight is 251 g/mol. The normalized spacial score (nSPS) is 12.6. The fraction of sp³-hybridized carbons (Fsp3) is 0.545. The first-order valence-electron chi connectivity index (χ1n) is 5.84. The highest BCUT2D eigenvalue weighted by Crippen LogP contribution is 2.19. The summed E-state index contributed by atoms with van der Waals surface area (Å²) in [5, 5.41) is 4.20. The molecule has 1 atom stereocenters. The van der Waals surface area contributed by atoms with Crippen LogP contribution in [0.4, 0.5) is 5.13 Å². The SMILES string of the molecule is CCc1nsc(N[C@@H](C)c2nccn2CC)n1. The van der Waals surface area contributed by atoms with E-state index in [2.05, 4.69) is 45.0 Å². The maximum Gasteiger partial charge on any atom is 0.203 e. The Hall–Kier alpha value is -1.43. The second-order valence-corrected chi connectivity index (χ2v) is 4.56. The highest BCUT2D eigenvalue weighted by Gasteiger charge is 2.13. The molecule has 2 rings (SSSR count). The van der Waals surface area contributed by atoms with Gasteiger partial charge in [0.2, 0.25) is 5.13 Å². The Morgan fingerprint density at radius 1 is 1.47 bits per heavy atom. The molecule has 0 amide bonds. The van der Waals surface area contributed by atoms with Gasteiger partial charge in [-0.1, -0.05) is 6.92 Å². The van der Waals surface area contributed by atoms with Crippen molar-refractivity contribution in [2.45, 2.75) is 39.8 Å². The Morgan fingerprint density at radius 3 is 2.94 bits per heavy atom. The molecule has 0 bridgehead atoms. The topological polar surface area (TPSA) is 55.6 Å². The summed E-state index contributed by atoms with van der Waals surface area (Å²) in [6.45, 7) is 7.18. The van der Waals surface area contributed by atoms with E-state index >= 15 is 0 Å². The predicted octanol–water partition coefficient (Wildman–Crippen LogP) is 2.49. The zero-order valence-corrected chi connectivity index (χ0v) is 11.2. The van der Waals surface area contributed by atoms with Gasteiger partial charge in [0.1, 0.15) is 11.6 Å². The van der Waals surface area contributed by atoms with E-state index < -0.39 is 0 Å². The molecule has 0 fully saturated rings. The first-order chi connectivity index (χ1) is 8.24. The summed E-state index contributed by atoms with van der Waals surface area (Å²) in [5.41, 5.74) is 0. The lowest BCUT2D eigenvalue weighted by Crippen LogP contribution is -2.13. The summed E-state index contributed by atoms with van der Waals surface area (Å²) in [5.74, 6) is 1.92. The second kappa shape index (κ2) is 5.27. The lowest BCUT2D eigenvalue weighted by Gasteiger charge is -2.13. The van der Waals surface area contributed by atoms with Crippen molar-refractivity contribution in [3.63, 3.8) is 0 Å². The molecule has 0 saturated heterocycles. The van der Waals surface area contributed by atoms with Crippen LogP contribution in [0, 0.1) is 0 Å². The van der Waals surface area contributed by atoms with Crippen LogP contribution in [0.5, 0.6) is 0 Å². The van der Waals surface area contributed by atoms with Crippen molar-refractivity contribution in [1.82, 2.24) is 18.9 Å². The number of nitrogens with one attached hydrogen (secondary N) is 1. The Morgan fingerprint density at radius 2 is 2.29 bits per heavy atom. The fourth-order valence-electron chi connectivity index (χ4n) is 1.67. The number of aromatic nitrogens is 4. The number of rotatable bonds is 5. The van der Waals surface area contributed by atoms with Gasteiger partial charge < -0.3 is 9.88 Å². The first kappa shape index (κ1) is 12.0. The summed E-state index contributed by atoms with van der Waals surface area (Å²) < 4.78 is 6.38. The zero-order valence-electron chi connectivity index (χ0n) is 10.3. The molecule has 0 radical (unpaired) electrons. The van der Waals surface area contributed by atoms with Crippen LogP contribution < -0.4 is 5.32 Å². The van der Waals surface area contributed by atoms with Gasteiger partial charge in [0, 0.05) is 36.9 Å². The molecule has 0 aliphatic rings. The van der Waals surface area contributed by atoms with Crippen molar-refractivity contribution < 1.29 is 0 Å². The quantitative estimate of drug-likeness (QED) is 0.887. The van der Waals surface area contributed by atoms with Gasteiger partial charge in [-0.15, -0.1) is 0 Å². The van der Waals surface area contributed by atoms with E-state index in [0.717, 1.165) is 29.7 Å². The van der Waals surface area contributed by atoms with Gasteiger partial charge in [-0.2, -0.15) is 4.37 Å². The average Bonchev–Trinajstić information content (AvgIpc) is 2.96. The van der Waals surface area contributed by atoms with Crippen LogP contribution in [0.15, 0.2) is 12.4 Å². The zero-order chi connectivity index (χ0) is 12.3. The molecule has 5 nitrogen and oxygen atoms in total. The summed E-state index contributed by atoms with van der Waals surface area (Å²) in [6.07, 6.45) is 4.69. The minimum atomic E-state index is 0.141. The maximum absolute atomic E-state index is 4.39. The number of anilines is 1. The Kier molecular flexibility index (Phi) is 3.73. The molecule has 2 heterocycles. The van der Waals surface area contributed by atoms with Crippen LogP contribution in [0.1, 0.15) is 38.5 Å². The van der Waals surface area contributed by atoms with Gasteiger partial charge in [0.25, 0.3) is 0 Å². The van der Waals surface area contributed by atoms with Gasteiger partial charge in [-0.05, 0) is 13.8 Å². The van der Waals surface area contributed by atoms with E-state index in [1.807, 2.05) is 12.4 Å². The summed E-state index contributed by atoms with van der Waals surface area (Å²) in [4.78, 5) is 8.76. The molecule has 0 aliphatic heterocycles. The van der Waals surface area contributed by atoms with E-state index in [0.29, 0.717) is 0 Å². The number of nitrogens with zero attached hydrogens (tertiary/aromatic N) is 4. The second-order valence-electron chi connectivity index (χ2n) is 3.81. The Bertz CT molecular complexity index is 476. The Balaban J connectivity index is 2.08. The molecule has 17 heavy (non-hydrogen) atoms. The van der Waals surface area contributed by atoms with Gasteiger partial charge in [-0.3, -0.25) is 0 Å². The molecular formula is C11H17N5S. The predicted molar refractivity (Wildman–Crippen MR) is 69.2 cm³/mol. The molecule has 92 valence electrons. The van der Waals surface area contributed by atoms with Crippen molar-refractivity contribution in [1.29, 1.82) is 0 Å². The highest BCUT2D eigenvalue weighted by atomic mass is 32.1. The van der Waals surface area contributed by atoms with Crippen molar-refractivity contribution in [3.8, 4) is 0 Å². The molecule has 0 unspecified atom stereocenters. The molecule has 0 spiro atoms. The standard InChI is InChI=1S/C11H17N5S/c1-4-9-14-11(17-15-9)13-8(3)10-12-6-7-16(10)5-2/h6-8H,4-5H2,1-3H3,(H,13,14,15)/t8-/m0/s1. The van der Waals surface area contributed by atoms with Crippen molar-refractivity contribution >= 4 is 16.7 Å². The monoisotopic (exact) mass is 251 g/mol. The third kappa shape index (κ3) is 2.63. The lowest BCUT2D eigenvalue weighted by atomic mass is 10.3. The van der Waals surface area contributed by atoms with Gasteiger partial charge in [-0.25, -0.2) is 9.97 Å². The molecule has 2 aromatic heterocycles. The van der Waals surface area contributed by atoms with Crippen molar-refractivity contribution in [2.24, 2.45) is 0 Å². The molecule has 2 aromatic rings. The van der Waals surface area contributed by atoms with Crippen LogP contribution in [0.25, 0.3) is 0 Å². The molecule has 1 N–H and O–H groups in total. The number of hydrogen-bond donors (Lipinski definition) is 1. The first-order valence-corrected chi connectivity index (χ1v) is 6.62. The van der Waals surface area contributed by atoms with Crippen LogP contribution in [0.2, 0.25) is 0 Å². The van der Waals surface area contributed by atoms with Gasteiger partial charge in [0.05, 0.1) is 6.04 Å². The number of imidazole rings is 1. The van der Waals surface area contributed by atoms with Gasteiger partial charge >= 0.3 is 0 Å². The highest BCUT2D eigenvalue weighted by molar-refractivity contribution is 7.09. The van der Waals surface area contributed by atoms with E-state index in [4.69, 9.17) is 0 Å². The van der Waals surface area contributed by atoms with Crippen molar-refractivity contribution in [2.75, 3.05) is 5.32 Å². The molecule has 6 heteroatoms. The van der Waals surface area contributed by atoms with E-state index in [1.165, 1.54) is 11.5 Å². The molecule has 0 saturated carbocycles. The Labute approximate surface area is 105 Å².